The van der Waals surface area contributed by atoms with E-state index in [4.69, 9.17) is 10.5 Å². The zero-order valence-corrected chi connectivity index (χ0v) is 15.3. The number of hydrogen-bond acceptors (Lipinski definition) is 4. The lowest BCUT2D eigenvalue weighted by atomic mass is 9.87. The van der Waals surface area contributed by atoms with Crippen LogP contribution >= 0.6 is 0 Å². The van der Waals surface area contributed by atoms with E-state index < -0.39 is 5.54 Å². The van der Waals surface area contributed by atoms with Crippen LogP contribution in [0.3, 0.4) is 0 Å². The Bertz CT molecular complexity index is 680. The van der Waals surface area contributed by atoms with Crippen molar-refractivity contribution in [2.45, 2.75) is 67.7 Å². The Morgan fingerprint density at radius 1 is 1.15 bits per heavy atom. The van der Waals surface area contributed by atoms with Crippen LogP contribution in [0, 0.1) is 0 Å². The van der Waals surface area contributed by atoms with Crippen molar-refractivity contribution in [3.63, 3.8) is 0 Å². The molecule has 5 nitrogen and oxygen atoms in total. The molecule has 1 amide bonds. The van der Waals surface area contributed by atoms with Gasteiger partial charge in [0.2, 0.25) is 5.91 Å². The molecular weight excluding hydrogens is 326 g/mol. The number of nitrogens with two attached hydrogens (primary N) is 1. The zero-order valence-electron chi connectivity index (χ0n) is 15.3. The number of likely N-dealkylation sites (tertiary alicyclic amines) is 1. The number of piperidine rings is 1. The van der Waals surface area contributed by atoms with E-state index in [9.17, 15) is 4.79 Å². The summed E-state index contributed by atoms with van der Waals surface area (Å²) in [5, 5.41) is 3.82. The van der Waals surface area contributed by atoms with Gasteiger partial charge in [-0.3, -0.25) is 4.79 Å². The SMILES string of the molecule is NC1(C(=O)N2CCC3(CC2)CC(N[C@@H]2C[C@H]2c2ccccc2)CO3)CC1. The summed E-state index contributed by atoms with van der Waals surface area (Å²) in [6.45, 7) is 2.38. The lowest BCUT2D eigenvalue weighted by Gasteiger charge is -2.39. The molecule has 1 aromatic rings. The van der Waals surface area contributed by atoms with E-state index in [0.717, 1.165) is 51.8 Å². The van der Waals surface area contributed by atoms with E-state index in [2.05, 4.69) is 35.6 Å². The average Bonchev–Trinajstić information content (AvgIpc) is 3.57. The standard InChI is InChI=1S/C21H29N3O2/c22-21(6-7-21)19(25)24-10-8-20(9-11-24)13-16(14-26-20)23-18-12-17(18)15-4-2-1-3-5-15/h1-5,16-18,23H,6-14,22H2/t16?,17-,18+/m0/s1. The van der Waals surface area contributed by atoms with Crippen LogP contribution < -0.4 is 11.1 Å². The molecule has 2 heterocycles. The molecule has 3 N–H and O–H groups in total. The van der Waals surface area contributed by atoms with Crippen LogP contribution in [0.2, 0.25) is 0 Å². The summed E-state index contributed by atoms with van der Waals surface area (Å²) in [6, 6.07) is 11.8. The first-order valence-corrected chi connectivity index (χ1v) is 10.1. The maximum Gasteiger partial charge on any atom is 0.242 e. The minimum Gasteiger partial charge on any atom is -0.373 e. The van der Waals surface area contributed by atoms with Gasteiger partial charge in [-0.25, -0.2) is 0 Å². The number of nitrogens with one attached hydrogen (secondary N) is 1. The molecule has 3 atom stereocenters. The molecule has 26 heavy (non-hydrogen) atoms. The summed E-state index contributed by atoms with van der Waals surface area (Å²) in [5.41, 5.74) is 6.95. The van der Waals surface area contributed by atoms with E-state index in [0.29, 0.717) is 18.0 Å². The number of carbonyl (C=O) groups is 1. The van der Waals surface area contributed by atoms with Crippen LogP contribution in [-0.4, -0.2) is 53.7 Å². The molecule has 4 aliphatic rings. The molecule has 2 saturated heterocycles. The lowest BCUT2D eigenvalue weighted by molar-refractivity contribution is -0.138. The van der Waals surface area contributed by atoms with Gasteiger partial charge in [-0.1, -0.05) is 30.3 Å². The first kappa shape index (κ1) is 16.7. The Labute approximate surface area is 155 Å². The Balaban J connectivity index is 1.12. The quantitative estimate of drug-likeness (QED) is 0.864. The van der Waals surface area contributed by atoms with Crippen molar-refractivity contribution in [1.29, 1.82) is 0 Å². The highest BCUT2D eigenvalue weighted by molar-refractivity contribution is 5.89. The van der Waals surface area contributed by atoms with Gasteiger partial charge in [-0.15, -0.1) is 0 Å². The van der Waals surface area contributed by atoms with E-state index in [1.54, 1.807) is 0 Å². The van der Waals surface area contributed by atoms with Gasteiger partial charge >= 0.3 is 0 Å². The smallest absolute Gasteiger partial charge is 0.242 e. The van der Waals surface area contributed by atoms with Crippen molar-refractivity contribution in [3.05, 3.63) is 35.9 Å². The third kappa shape index (κ3) is 3.06. The van der Waals surface area contributed by atoms with Gasteiger partial charge in [0.1, 0.15) is 0 Å². The highest BCUT2D eigenvalue weighted by atomic mass is 16.5. The molecule has 1 spiro atoms. The first-order chi connectivity index (χ1) is 12.6. The number of carbonyl (C=O) groups excluding carboxylic acids is 1. The number of hydrogen-bond donors (Lipinski definition) is 2. The van der Waals surface area contributed by atoms with Crippen molar-refractivity contribution in [2.75, 3.05) is 19.7 Å². The topological polar surface area (TPSA) is 67.6 Å². The first-order valence-electron chi connectivity index (χ1n) is 10.1. The largest absolute Gasteiger partial charge is 0.373 e. The van der Waals surface area contributed by atoms with Crippen molar-refractivity contribution < 1.29 is 9.53 Å². The summed E-state index contributed by atoms with van der Waals surface area (Å²) in [6.07, 6.45) is 5.88. The molecule has 5 heteroatoms. The molecule has 5 rings (SSSR count). The van der Waals surface area contributed by atoms with Gasteiger partial charge in [0.05, 0.1) is 17.7 Å². The van der Waals surface area contributed by atoms with Crippen LogP contribution in [0.25, 0.3) is 0 Å². The van der Waals surface area contributed by atoms with E-state index >= 15 is 0 Å². The Morgan fingerprint density at radius 2 is 1.88 bits per heavy atom. The second-order valence-corrected chi connectivity index (χ2v) is 8.87. The second-order valence-electron chi connectivity index (χ2n) is 8.87. The summed E-state index contributed by atoms with van der Waals surface area (Å²) in [7, 11) is 0. The van der Waals surface area contributed by atoms with Crippen LogP contribution in [0.15, 0.2) is 30.3 Å². The fourth-order valence-corrected chi connectivity index (χ4v) is 4.83. The third-order valence-electron chi connectivity index (χ3n) is 6.85. The van der Waals surface area contributed by atoms with Crippen LogP contribution in [0.4, 0.5) is 0 Å². The number of benzene rings is 1. The maximum atomic E-state index is 12.4. The normalized spacial score (nSPS) is 34.0. The number of ether oxygens (including phenoxy) is 1. The molecule has 1 unspecified atom stereocenters. The van der Waals surface area contributed by atoms with Gasteiger partial charge in [0.25, 0.3) is 0 Å². The van der Waals surface area contributed by atoms with Gasteiger partial charge in [0.15, 0.2) is 0 Å². The fraction of sp³-hybridized carbons (Fsp3) is 0.667. The Morgan fingerprint density at radius 3 is 2.58 bits per heavy atom. The Kier molecular flexibility index (Phi) is 3.89. The summed E-state index contributed by atoms with van der Waals surface area (Å²) in [4.78, 5) is 14.4. The number of rotatable bonds is 4. The minimum atomic E-state index is -0.538. The van der Waals surface area contributed by atoms with Crippen molar-refractivity contribution in [3.8, 4) is 0 Å². The molecule has 4 fully saturated rings. The fourth-order valence-electron chi connectivity index (χ4n) is 4.83. The highest BCUT2D eigenvalue weighted by Crippen LogP contribution is 2.43. The molecule has 2 aliphatic heterocycles. The number of nitrogens with zero attached hydrogens (tertiary/aromatic N) is 1. The van der Waals surface area contributed by atoms with Crippen LogP contribution in [0.1, 0.15) is 50.0 Å². The van der Waals surface area contributed by atoms with Crippen molar-refractivity contribution in [2.24, 2.45) is 5.73 Å². The molecular formula is C21H29N3O2. The van der Waals surface area contributed by atoms with Crippen molar-refractivity contribution in [1.82, 2.24) is 10.2 Å². The monoisotopic (exact) mass is 355 g/mol. The average molecular weight is 355 g/mol. The molecule has 140 valence electrons. The van der Waals surface area contributed by atoms with Crippen molar-refractivity contribution >= 4 is 5.91 Å². The van der Waals surface area contributed by atoms with Crippen LogP contribution in [0.5, 0.6) is 0 Å². The molecule has 2 aliphatic carbocycles. The molecule has 1 aromatic carbocycles. The molecule has 0 bridgehead atoms. The number of amides is 1. The van der Waals surface area contributed by atoms with Crippen LogP contribution in [-0.2, 0) is 9.53 Å². The molecule has 2 saturated carbocycles. The van der Waals surface area contributed by atoms with E-state index in [1.165, 1.54) is 12.0 Å². The summed E-state index contributed by atoms with van der Waals surface area (Å²) in [5.74, 6) is 0.815. The van der Waals surface area contributed by atoms with Gasteiger partial charge in [-0.05, 0) is 44.1 Å². The maximum absolute atomic E-state index is 12.4. The van der Waals surface area contributed by atoms with E-state index in [1.807, 2.05) is 4.90 Å². The van der Waals surface area contributed by atoms with Gasteiger partial charge in [0, 0.05) is 31.1 Å². The predicted octanol–water partition coefficient (Wildman–Crippen LogP) is 1.77. The van der Waals surface area contributed by atoms with Gasteiger partial charge < -0.3 is 20.7 Å². The summed E-state index contributed by atoms with van der Waals surface area (Å²) >= 11 is 0. The summed E-state index contributed by atoms with van der Waals surface area (Å²) < 4.78 is 6.26. The highest BCUT2D eigenvalue weighted by Gasteiger charge is 2.51. The zero-order chi connectivity index (χ0) is 17.8. The molecule has 0 aromatic heterocycles. The Hall–Kier alpha value is -1.43. The lowest BCUT2D eigenvalue weighted by Crippen LogP contribution is -2.52. The van der Waals surface area contributed by atoms with Gasteiger partial charge in [-0.2, -0.15) is 0 Å². The molecule has 0 radical (unpaired) electrons. The minimum absolute atomic E-state index is 0.0309. The predicted molar refractivity (Wildman–Crippen MR) is 99.8 cm³/mol. The van der Waals surface area contributed by atoms with E-state index in [-0.39, 0.29) is 11.5 Å². The second kappa shape index (κ2) is 6.04. The third-order valence-corrected chi connectivity index (χ3v) is 6.85.